The minimum absolute atomic E-state index is 0.293. The van der Waals surface area contributed by atoms with Crippen LogP contribution in [0.4, 0.5) is 23.0 Å². The summed E-state index contributed by atoms with van der Waals surface area (Å²) in [5, 5.41) is 0. The fraction of sp³-hybridized carbons (Fsp3) is 0.474. The van der Waals surface area contributed by atoms with Crippen LogP contribution in [0.25, 0.3) is 0 Å². The highest BCUT2D eigenvalue weighted by Crippen LogP contribution is 2.38. The molecule has 0 atom stereocenters. The van der Waals surface area contributed by atoms with Crippen LogP contribution < -0.4 is 16.4 Å². The van der Waals surface area contributed by atoms with Crippen molar-refractivity contribution in [3.63, 3.8) is 0 Å². The molecule has 5 heteroatoms. The predicted octanol–water partition coefficient (Wildman–Crippen LogP) is 4.20. The van der Waals surface area contributed by atoms with E-state index in [4.69, 9.17) is 11.5 Å². The van der Waals surface area contributed by atoms with Crippen LogP contribution in [-0.4, -0.2) is 16.0 Å². The van der Waals surface area contributed by atoms with E-state index in [2.05, 4.69) is 61.6 Å². The predicted molar refractivity (Wildman–Crippen MR) is 103 cm³/mol. The first-order valence-corrected chi connectivity index (χ1v) is 8.56. The van der Waals surface area contributed by atoms with Gasteiger partial charge in [0.05, 0.1) is 0 Å². The zero-order valence-electron chi connectivity index (χ0n) is 15.6. The lowest BCUT2D eigenvalue weighted by Crippen LogP contribution is -2.33. The van der Waals surface area contributed by atoms with Gasteiger partial charge in [-0.15, -0.1) is 0 Å². The van der Waals surface area contributed by atoms with Crippen molar-refractivity contribution in [3.8, 4) is 0 Å². The van der Waals surface area contributed by atoms with E-state index >= 15 is 0 Å². The summed E-state index contributed by atoms with van der Waals surface area (Å²) in [6.45, 7) is 12.6. The summed E-state index contributed by atoms with van der Waals surface area (Å²) >= 11 is 0. The molecule has 1 aromatic carbocycles. The van der Waals surface area contributed by atoms with Crippen LogP contribution in [0, 0.1) is 27.7 Å². The summed E-state index contributed by atoms with van der Waals surface area (Å²) in [7, 11) is 0. The van der Waals surface area contributed by atoms with Crippen LogP contribution >= 0.6 is 0 Å². The molecule has 4 N–H and O–H groups in total. The van der Waals surface area contributed by atoms with Gasteiger partial charge >= 0.3 is 0 Å². The summed E-state index contributed by atoms with van der Waals surface area (Å²) in [6.07, 6.45) is 1.98. The number of hydrogen-bond acceptors (Lipinski definition) is 5. The summed E-state index contributed by atoms with van der Waals surface area (Å²) < 4.78 is 0. The zero-order chi connectivity index (χ0) is 18.0. The van der Waals surface area contributed by atoms with Gasteiger partial charge in [-0.1, -0.05) is 31.5 Å². The minimum Gasteiger partial charge on any atom is -0.393 e. The van der Waals surface area contributed by atoms with Crippen molar-refractivity contribution in [2.45, 2.75) is 60.4 Å². The fourth-order valence-corrected chi connectivity index (χ4v) is 3.44. The highest BCUT2D eigenvalue weighted by atomic mass is 15.2. The Morgan fingerprint density at radius 1 is 0.958 bits per heavy atom. The van der Waals surface area contributed by atoms with Gasteiger partial charge in [-0.3, -0.25) is 0 Å². The van der Waals surface area contributed by atoms with Crippen molar-refractivity contribution < 1.29 is 0 Å². The van der Waals surface area contributed by atoms with Gasteiger partial charge in [0.2, 0.25) is 0 Å². The van der Waals surface area contributed by atoms with Crippen LogP contribution in [-0.2, 0) is 0 Å². The number of aromatic nitrogens is 2. The molecule has 0 unspecified atom stereocenters. The SMILES string of the molecule is CCC(CC)N(c1nc(C)nc(N)c1N)c1c(C)cc(C)cc1C. The fourth-order valence-electron chi connectivity index (χ4n) is 3.44. The number of rotatable bonds is 5. The minimum atomic E-state index is 0.293. The van der Waals surface area contributed by atoms with Crippen LogP contribution in [0.15, 0.2) is 12.1 Å². The van der Waals surface area contributed by atoms with Crippen molar-refractivity contribution in [3.05, 3.63) is 34.6 Å². The third-order valence-corrected chi connectivity index (χ3v) is 4.48. The van der Waals surface area contributed by atoms with Crippen molar-refractivity contribution in [1.82, 2.24) is 9.97 Å². The third kappa shape index (κ3) is 3.30. The van der Waals surface area contributed by atoms with Crippen LogP contribution in [0.5, 0.6) is 0 Å². The highest BCUT2D eigenvalue weighted by Gasteiger charge is 2.25. The molecular formula is C19H29N5. The standard InChI is InChI=1S/C19H29N5/c1-7-15(8-2)24(17-12(4)9-11(3)10-13(17)5)19-16(20)18(21)22-14(6)23-19/h9-10,15H,7-8,20H2,1-6H3,(H2,21,22,23). The number of nitrogens with two attached hydrogens (primary N) is 2. The Morgan fingerprint density at radius 2 is 1.50 bits per heavy atom. The molecule has 0 spiro atoms. The first kappa shape index (κ1) is 18.0. The molecule has 0 bridgehead atoms. The van der Waals surface area contributed by atoms with E-state index in [0.29, 0.717) is 29.2 Å². The van der Waals surface area contributed by atoms with Gasteiger partial charge in [0, 0.05) is 11.7 Å². The number of anilines is 4. The van der Waals surface area contributed by atoms with E-state index in [1.54, 1.807) is 0 Å². The quantitative estimate of drug-likeness (QED) is 0.860. The number of benzene rings is 1. The summed E-state index contributed by atoms with van der Waals surface area (Å²) in [6, 6.07) is 4.69. The largest absolute Gasteiger partial charge is 0.393 e. The molecule has 1 heterocycles. The Kier molecular flexibility index (Phi) is 5.32. The molecule has 1 aromatic heterocycles. The second kappa shape index (κ2) is 7.07. The van der Waals surface area contributed by atoms with Crippen molar-refractivity contribution >= 4 is 23.0 Å². The lowest BCUT2D eigenvalue weighted by atomic mass is 10.0. The van der Waals surface area contributed by atoms with Crippen LogP contribution in [0.1, 0.15) is 49.2 Å². The molecule has 130 valence electrons. The molecular weight excluding hydrogens is 298 g/mol. The van der Waals surface area contributed by atoms with E-state index in [0.717, 1.165) is 12.8 Å². The molecule has 24 heavy (non-hydrogen) atoms. The summed E-state index contributed by atoms with van der Waals surface area (Å²) in [5.41, 5.74) is 17.6. The normalized spacial score (nSPS) is 11.1. The lowest BCUT2D eigenvalue weighted by Gasteiger charge is -2.35. The van der Waals surface area contributed by atoms with E-state index in [9.17, 15) is 0 Å². The Hall–Kier alpha value is -2.30. The van der Waals surface area contributed by atoms with E-state index in [1.807, 2.05) is 6.92 Å². The first-order valence-electron chi connectivity index (χ1n) is 8.56. The molecule has 0 saturated heterocycles. The second-order valence-electron chi connectivity index (χ2n) is 6.48. The summed E-state index contributed by atoms with van der Waals surface area (Å²) in [5.74, 6) is 1.69. The maximum atomic E-state index is 6.28. The smallest absolute Gasteiger partial charge is 0.162 e. The molecule has 0 saturated carbocycles. The topological polar surface area (TPSA) is 81.1 Å². The van der Waals surface area contributed by atoms with Crippen molar-refractivity contribution in [2.24, 2.45) is 0 Å². The van der Waals surface area contributed by atoms with Gasteiger partial charge < -0.3 is 16.4 Å². The molecule has 5 nitrogen and oxygen atoms in total. The maximum absolute atomic E-state index is 6.28. The Labute approximate surface area is 145 Å². The first-order chi connectivity index (χ1) is 11.3. The van der Waals surface area contributed by atoms with E-state index in [1.165, 1.54) is 22.4 Å². The Balaban J connectivity index is 2.77. The molecule has 0 aliphatic carbocycles. The van der Waals surface area contributed by atoms with Gasteiger partial charge in [0.25, 0.3) is 0 Å². The zero-order valence-corrected chi connectivity index (χ0v) is 15.6. The van der Waals surface area contributed by atoms with Gasteiger partial charge in [0.15, 0.2) is 11.6 Å². The Bertz CT molecular complexity index is 712. The Morgan fingerprint density at radius 3 is 2.00 bits per heavy atom. The molecule has 0 aliphatic heterocycles. The third-order valence-electron chi connectivity index (χ3n) is 4.48. The number of hydrogen-bond donors (Lipinski definition) is 2. The highest BCUT2D eigenvalue weighted by molar-refractivity contribution is 5.81. The monoisotopic (exact) mass is 327 g/mol. The van der Waals surface area contributed by atoms with Crippen LogP contribution in [0.3, 0.4) is 0 Å². The second-order valence-corrected chi connectivity index (χ2v) is 6.48. The van der Waals surface area contributed by atoms with Gasteiger partial charge in [-0.25, -0.2) is 9.97 Å². The average molecular weight is 327 g/mol. The summed E-state index contributed by atoms with van der Waals surface area (Å²) in [4.78, 5) is 11.1. The average Bonchev–Trinajstić information content (AvgIpc) is 2.49. The van der Waals surface area contributed by atoms with Gasteiger partial charge in [-0.05, 0) is 51.7 Å². The number of nitrogen functional groups attached to an aromatic ring is 2. The van der Waals surface area contributed by atoms with E-state index < -0.39 is 0 Å². The van der Waals surface area contributed by atoms with Crippen molar-refractivity contribution in [2.75, 3.05) is 16.4 Å². The van der Waals surface area contributed by atoms with Gasteiger partial charge in [0.1, 0.15) is 11.5 Å². The van der Waals surface area contributed by atoms with E-state index in [-0.39, 0.29) is 0 Å². The number of nitrogens with zero attached hydrogens (tertiary/aromatic N) is 3. The molecule has 2 aromatic rings. The van der Waals surface area contributed by atoms with Crippen molar-refractivity contribution in [1.29, 1.82) is 0 Å². The maximum Gasteiger partial charge on any atom is 0.162 e. The molecule has 2 rings (SSSR count). The molecule has 0 fully saturated rings. The van der Waals surface area contributed by atoms with Crippen LogP contribution in [0.2, 0.25) is 0 Å². The number of aryl methyl sites for hydroxylation is 4. The molecule has 0 radical (unpaired) electrons. The van der Waals surface area contributed by atoms with Gasteiger partial charge in [-0.2, -0.15) is 0 Å². The molecule has 0 amide bonds. The lowest BCUT2D eigenvalue weighted by molar-refractivity contribution is 0.604. The molecule has 0 aliphatic rings.